The summed E-state index contributed by atoms with van der Waals surface area (Å²) >= 11 is 0. The standard InChI is InChI=1S/C39H30/c1-2-27-29-15-5-6-16-30(29)31-23-22-26(24-37(27)31)38-33-17-7-9-19-35(33)39(36-20-10-8-18-34(36)38)32-21-11-13-25-12-3-4-14-28(25)32/h4-11,13-24,27H,2-3,12H2,1H3. The van der Waals surface area contributed by atoms with Crippen LogP contribution in [0.1, 0.15) is 47.9 Å². The summed E-state index contributed by atoms with van der Waals surface area (Å²) < 4.78 is 0. The topological polar surface area (TPSA) is 0 Å². The Kier molecular flexibility index (Phi) is 5.10. The molecular weight excluding hydrogens is 468 g/mol. The van der Waals surface area contributed by atoms with Gasteiger partial charge in [0.05, 0.1) is 0 Å². The first-order chi connectivity index (χ1) is 19.3. The molecule has 0 amide bonds. The fourth-order valence-electron chi connectivity index (χ4n) is 7.32. The maximum absolute atomic E-state index is 2.49. The normalized spacial score (nSPS) is 15.4. The maximum atomic E-state index is 2.49. The molecule has 6 aromatic carbocycles. The SMILES string of the molecule is CCC1c2ccccc2-c2ccc(-c3c4ccccc4c(-c4cccc5c4C=CCC5)c4ccccc34)cc21. The molecule has 0 N–H and O–H groups in total. The number of fused-ring (bicyclic) bond motifs is 6. The van der Waals surface area contributed by atoms with Crippen molar-refractivity contribution in [3.05, 3.63) is 138 Å². The van der Waals surface area contributed by atoms with Gasteiger partial charge in [-0.2, -0.15) is 0 Å². The molecule has 2 aliphatic carbocycles. The van der Waals surface area contributed by atoms with E-state index < -0.39 is 0 Å². The molecule has 2 aliphatic rings. The first kappa shape index (κ1) is 22.6. The van der Waals surface area contributed by atoms with Crippen molar-refractivity contribution in [2.45, 2.75) is 32.1 Å². The molecule has 0 fully saturated rings. The molecule has 0 aromatic heterocycles. The van der Waals surface area contributed by atoms with Gasteiger partial charge >= 0.3 is 0 Å². The molecule has 0 heterocycles. The zero-order chi connectivity index (χ0) is 25.9. The van der Waals surface area contributed by atoms with Gasteiger partial charge in [-0.3, -0.25) is 0 Å². The van der Waals surface area contributed by atoms with Gasteiger partial charge in [-0.05, 0) is 103 Å². The lowest BCUT2D eigenvalue weighted by molar-refractivity contribution is 0.797. The van der Waals surface area contributed by atoms with E-state index in [2.05, 4.69) is 128 Å². The van der Waals surface area contributed by atoms with Gasteiger partial charge < -0.3 is 0 Å². The van der Waals surface area contributed by atoms with Crippen molar-refractivity contribution in [3.8, 4) is 33.4 Å². The van der Waals surface area contributed by atoms with Crippen molar-refractivity contribution in [3.63, 3.8) is 0 Å². The largest absolute Gasteiger partial charge is 0.0836 e. The second-order valence-electron chi connectivity index (χ2n) is 11.0. The van der Waals surface area contributed by atoms with E-state index in [1.807, 2.05) is 0 Å². The van der Waals surface area contributed by atoms with Crippen molar-refractivity contribution in [1.29, 1.82) is 0 Å². The first-order valence-electron chi connectivity index (χ1n) is 14.3. The predicted octanol–water partition coefficient (Wildman–Crippen LogP) is 10.8. The third kappa shape index (κ3) is 3.31. The average molecular weight is 499 g/mol. The van der Waals surface area contributed by atoms with Crippen LogP contribution in [0.2, 0.25) is 0 Å². The van der Waals surface area contributed by atoms with E-state index in [0.717, 1.165) is 19.3 Å². The summed E-state index contributed by atoms with van der Waals surface area (Å²) in [7, 11) is 0. The van der Waals surface area contributed by atoms with E-state index in [0.29, 0.717) is 5.92 Å². The van der Waals surface area contributed by atoms with Crippen LogP contribution in [0.4, 0.5) is 0 Å². The third-order valence-corrected chi connectivity index (χ3v) is 9.01. The lowest BCUT2D eigenvalue weighted by Gasteiger charge is -2.21. The van der Waals surface area contributed by atoms with Gasteiger partial charge in [-0.25, -0.2) is 0 Å². The van der Waals surface area contributed by atoms with E-state index in [-0.39, 0.29) is 0 Å². The van der Waals surface area contributed by atoms with Crippen LogP contribution in [0.25, 0.3) is 61.0 Å². The minimum absolute atomic E-state index is 0.454. The summed E-state index contributed by atoms with van der Waals surface area (Å²) in [6, 6.07) is 41.1. The van der Waals surface area contributed by atoms with E-state index >= 15 is 0 Å². The van der Waals surface area contributed by atoms with E-state index in [4.69, 9.17) is 0 Å². The van der Waals surface area contributed by atoms with Crippen LogP contribution in [0.3, 0.4) is 0 Å². The molecule has 0 nitrogen and oxygen atoms in total. The van der Waals surface area contributed by atoms with Gasteiger partial charge in [0.25, 0.3) is 0 Å². The van der Waals surface area contributed by atoms with Gasteiger partial charge in [-0.1, -0.05) is 122 Å². The molecule has 0 heteroatoms. The Morgan fingerprint density at radius 1 is 0.590 bits per heavy atom. The minimum Gasteiger partial charge on any atom is -0.0836 e. The highest BCUT2D eigenvalue weighted by Crippen LogP contribution is 2.50. The summed E-state index contributed by atoms with van der Waals surface area (Å²) in [5.74, 6) is 0.454. The van der Waals surface area contributed by atoms with Crippen molar-refractivity contribution < 1.29 is 0 Å². The van der Waals surface area contributed by atoms with Gasteiger partial charge in [0.2, 0.25) is 0 Å². The molecular formula is C39H30. The zero-order valence-corrected chi connectivity index (χ0v) is 22.2. The van der Waals surface area contributed by atoms with Crippen LogP contribution in [-0.4, -0.2) is 0 Å². The van der Waals surface area contributed by atoms with Crippen molar-refractivity contribution in [2.75, 3.05) is 0 Å². The molecule has 1 unspecified atom stereocenters. The molecule has 0 radical (unpaired) electrons. The Balaban J connectivity index is 1.44. The lowest BCUT2D eigenvalue weighted by Crippen LogP contribution is -1.98. The van der Waals surface area contributed by atoms with Crippen molar-refractivity contribution in [2.24, 2.45) is 0 Å². The smallest absolute Gasteiger partial charge is 0.00992 e. The summed E-state index contributed by atoms with van der Waals surface area (Å²) in [5, 5.41) is 5.31. The third-order valence-electron chi connectivity index (χ3n) is 9.01. The van der Waals surface area contributed by atoms with E-state index in [1.165, 1.54) is 77.2 Å². The molecule has 39 heavy (non-hydrogen) atoms. The molecule has 8 rings (SSSR count). The van der Waals surface area contributed by atoms with Gasteiger partial charge in [0.15, 0.2) is 0 Å². The Morgan fingerprint density at radius 3 is 1.97 bits per heavy atom. The highest BCUT2D eigenvalue weighted by molar-refractivity contribution is 6.22. The highest BCUT2D eigenvalue weighted by atomic mass is 14.3. The number of aryl methyl sites for hydroxylation is 1. The Hall–Kier alpha value is -4.42. The number of allylic oxidation sites excluding steroid dienone is 1. The van der Waals surface area contributed by atoms with E-state index in [9.17, 15) is 0 Å². The summed E-state index contributed by atoms with van der Waals surface area (Å²) in [6.45, 7) is 2.32. The van der Waals surface area contributed by atoms with Gasteiger partial charge in [0, 0.05) is 5.92 Å². The number of hydrogen-bond donors (Lipinski definition) is 0. The van der Waals surface area contributed by atoms with Crippen LogP contribution in [0.5, 0.6) is 0 Å². The average Bonchev–Trinajstić information content (AvgIpc) is 3.32. The van der Waals surface area contributed by atoms with Crippen molar-refractivity contribution >= 4 is 27.6 Å². The second kappa shape index (κ2) is 8.82. The van der Waals surface area contributed by atoms with Gasteiger partial charge in [0.1, 0.15) is 0 Å². The lowest BCUT2D eigenvalue weighted by atomic mass is 9.82. The monoisotopic (exact) mass is 498 g/mol. The Morgan fingerprint density at radius 2 is 1.23 bits per heavy atom. The molecule has 0 saturated heterocycles. The van der Waals surface area contributed by atoms with Gasteiger partial charge in [-0.15, -0.1) is 0 Å². The minimum atomic E-state index is 0.454. The molecule has 0 bridgehead atoms. The Labute approximate surface area is 230 Å². The summed E-state index contributed by atoms with van der Waals surface area (Å²) in [4.78, 5) is 0. The number of hydrogen-bond acceptors (Lipinski definition) is 0. The molecule has 0 spiro atoms. The molecule has 186 valence electrons. The number of benzene rings is 6. The second-order valence-corrected chi connectivity index (χ2v) is 11.0. The highest BCUT2D eigenvalue weighted by Gasteiger charge is 2.28. The first-order valence-corrected chi connectivity index (χ1v) is 14.3. The van der Waals surface area contributed by atoms with E-state index in [1.54, 1.807) is 0 Å². The predicted molar refractivity (Wildman–Crippen MR) is 167 cm³/mol. The Bertz CT molecular complexity index is 1890. The van der Waals surface area contributed by atoms with Crippen LogP contribution in [-0.2, 0) is 6.42 Å². The molecule has 1 atom stereocenters. The fourth-order valence-corrected chi connectivity index (χ4v) is 7.32. The maximum Gasteiger partial charge on any atom is 0.00992 e. The molecule has 0 aliphatic heterocycles. The van der Waals surface area contributed by atoms with Crippen LogP contribution < -0.4 is 0 Å². The summed E-state index contributed by atoms with van der Waals surface area (Å²) in [6.07, 6.45) is 8.02. The zero-order valence-electron chi connectivity index (χ0n) is 22.2. The molecule has 0 saturated carbocycles. The quantitative estimate of drug-likeness (QED) is 0.213. The van der Waals surface area contributed by atoms with Crippen LogP contribution in [0, 0.1) is 0 Å². The fraction of sp³-hybridized carbons (Fsp3) is 0.128. The number of rotatable bonds is 3. The molecule has 6 aromatic rings. The summed E-state index contributed by atoms with van der Waals surface area (Å²) in [5.41, 5.74) is 13.9. The van der Waals surface area contributed by atoms with Crippen LogP contribution >= 0.6 is 0 Å². The van der Waals surface area contributed by atoms with Crippen LogP contribution in [0.15, 0.2) is 115 Å². The van der Waals surface area contributed by atoms with Crippen molar-refractivity contribution in [1.82, 2.24) is 0 Å².